The zero-order valence-electron chi connectivity index (χ0n) is 11.1. The van der Waals surface area contributed by atoms with Gasteiger partial charge < -0.3 is 5.32 Å². The average molecular weight is 275 g/mol. The van der Waals surface area contributed by atoms with Gasteiger partial charge in [0.05, 0.1) is 6.04 Å². The molecule has 0 spiro atoms. The first-order valence-corrected chi connectivity index (χ1v) is 7.64. The van der Waals surface area contributed by atoms with E-state index in [0.29, 0.717) is 0 Å². The summed E-state index contributed by atoms with van der Waals surface area (Å²) in [6.07, 6.45) is 5.01. The molecular formula is C16H18FNS. The predicted molar refractivity (Wildman–Crippen MR) is 78.3 cm³/mol. The van der Waals surface area contributed by atoms with Crippen LogP contribution >= 0.6 is 11.3 Å². The van der Waals surface area contributed by atoms with Crippen molar-refractivity contribution in [3.63, 3.8) is 0 Å². The second kappa shape index (κ2) is 5.43. The lowest BCUT2D eigenvalue weighted by Gasteiger charge is -2.15. The molecule has 2 aromatic rings. The van der Waals surface area contributed by atoms with Crippen LogP contribution in [0, 0.1) is 5.82 Å². The molecule has 0 saturated carbocycles. The summed E-state index contributed by atoms with van der Waals surface area (Å²) in [5.74, 6) is -0.168. The molecular weight excluding hydrogens is 257 g/mol. The van der Waals surface area contributed by atoms with Crippen LogP contribution in [0.4, 0.5) is 4.39 Å². The van der Waals surface area contributed by atoms with Gasteiger partial charge in [0, 0.05) is 9.75 Å². The van der Waals surface area contributed by atoms with Crippen LogP contribution in [0.15, 0.2) is 30.3 Å². The second-order valence-electron chi connectivity index (χ2n) is 5.08. The van der Waals surface area contributed by atoms with Crippen LogP contribution < -0.4 is 5.32 Å². The van der Waals surface area contributed by atoms with E-state index in [9.17, 15) is 4.39 Å². The summed E-state index contributed by atoms with van der Waals surface area (Å²) in [4.78, 5) is 2.83. The van der Waals surface area contributed by atoms with Gasteiger partial charge in [0.15, 0.2) is 0 Å². The average Bonchev–Trinajstić information content (AvgIpc) is 2.83. The number of benzene rings is 1. The van der Waals surface area contributed by atoms with E-state index in [1.807, 2.05) is 24.5 Å². The number of fused-ring (bicyclic) bond motifs is 1. The molecule has 1 aliphatic carbocycles. The molecule has 0 radical (unpaired) electrons. The van der Waals surface area contributed by atoms with Gasteiger partial charge in [-0.1, -0.05) is 12.1 Å². The molecule has 3 rings (SSSR count). The quantitative estimate of drug-likeness (QED) is 0.890. The van der Waals surface area contributed by atoms with E-state index in [-0.39, 0.29) is 11.9 Å². The van der Waals surface area contributed by atoms with Gasteiger partial charge in [-0.05, 0) is 62.1 Å². The molecule has 100 valence electrons. The van der Waals surface area contributed by atoms with Gasteiger partial charge in [-0.15, -0.1) is 11.3 Å². The Balaban J connectivity index is 1.96. The summed E-state index contributed by atoms with van der Waals surface area (Å²) in [5, 5.41) is 3.31. The van der Waals surface area contributed by atoms with Crippen LogP contribution in [0.3, 0.4) is 0 Å². The number of hydrogen-bond acceptors (Lipinski definition) is 2. The third-order valence-electron chi connectivity index (χ3n) is 3.77. The Morgan fingerprint density at radius 1 is 1.21 bits per heavy atom. The first kappa shape index (κ1) is 12.8. The number of halogens is 1. The summed E-state index contributed by atoms with van der Waals surface area (Å²) >= 11 is 1.88. The van der Waals surface area contributed by atoms with Crippen molar-refractivity contribution in [2.24, 2.45) is 0 Å². The highest BCUT2D eigenvalue weighted by Crippen LogP contribution is 2.35. The van der Waals surface area contributed by atoms with E-state index in [2.05, 4.69) is 11.4 Å². The molecule has 0 aliphatic heterocycles. The van der Waals surface area contributed by atoms with Crippen LogP contribution in [0.2, 0.25) is 0 Å². The van der Waals surface area contributed by atoms with Crippen LogP contribution in [-0.4, -0.2) is 7.05 Å². The molecule has 1 aromatic heterocycles. The normalized spacial score (nSPS) is 16.1. The van der Waals surface area contributed by atoms with E-state index < -0.39 is 0 Å². The fourth-order valence-electron chi connectivity index (χ4n) is 2.82. The van der Waals surface area contributed by atoms with Crippen molar-refractivity contribution in [1.82, 2.24) is 5.32 Å². The third-order valence-corrected chi connectivity index (χ3v) is 5.07. The number of thiophene rings is 1. The molecule has 0 fully saturated rings. The first-order valence-electron chi connectivity index (χ1n) is 6.82. The zero-order chi connectivity index (χ0) is 13.2. The van der Waals surface area contributed by atoms with Crippen molar-refractivity contribution < 1.29 is 4.39 Å². The van der Waals surface area contributed by atoms with Crippen LogP contribution in [0.5, 0.6) is 0 Å². The van der Waals surface area contributed by atoms with Crippen molar-refractivity contribution in [2.75, 3.05) is 7.05 Å². The highest BCUT2D eigenvalue weighted by Gasteiger charge is 2.19. The van der Waals surface area contributed by atoms with Crippen molar-refractivity contribution in [2.45, 2.75) is 31.7 Å². The molecule has 0 saturated heterocycles. The van der Waals surface area contributed by atoms with Gasteiger partial charge in [0.25, 0.3) is 0 Å². The molecule has 1 heterocycles. The van der Waals surface area contributed by atoms with Crippen molar-refractivity contribution >= 4 is 11.3 Å². The molecule has 1 unspecified atom stereocenters. The van der Waals surface area contributed by atoms with Gasteiger partial charge in [0.1, 0.15) is 5.82 Å². The van der Waals surface area contributed by atoms with E-state index in [1.165, 1.54) is 47.1 Å². The number of aryl methyl sites for hydroxylation is 2. The Hall–Kier alpha value is -1.19. The Morgan fingerprint density at radius 3 is 2.79 bits per heavy atom. The molecule has 0 bridgehead atoms. The van der Waals surface area contributed by atoms with Crippen LogP contribution in [0.25, 0.3) is 0 Å². The van der Waals surface area contributed by atoms with E-state index >= 15 is 0 Å². The van der Waals surface area contributed by atoms with Crippen molar-refractivity contribution in [3.05, 3.63) is 57.0 Å². The maximum Gasteiger partial charge on any atom is 0.123 e. The zero-order valence-corrected chi connectivity index (χ0v) is 11.9. The molecule has 1 nitrogen and oxygen atoms in total. The fourth-order valence-corrected chi connectivity index (χ4v) is 4.21. The van der Waals surface area contributed by atoms with Crippen molar-refractivity contribution in [1.29, 1.82) is 0 Å². The van der Waals surface area contributed by atoms with E-state index in [0.717, 1.165) is 5.56 Å². The number of hydrogen-bond donors (Lipinski definition) is 1. The molecule has 19 heavy (non-hydrogen) atoms. The SMILES string of the molecule is CNC(c1cccc(F)c1)c1cc2c(s1)CCCC2. The molecule has 1 aromatic carbocycles. The lowest BCUT2D eigenvalue weighted by molar-refractivity contribution is 0.618. The molecule has 1 N–H and O–H groups in total. The topological polar surface area (TPSA) is 12.0 Å². The monoisotopic (exact) mass is 275 g/mol. The molecule has 1 aliphatic rings. The smallest absolute Gasteiger partial charge is 0.123 e. The highest BCUT2D eigenvalue weighted by molar-refractivity contribution is 7.12. The van der Waals surface area contributed by atoms with Crippen LogP contribution in [-0.2, 0) is 12.8 Å². The summed E-state index contributed by atoms with van der Waals surface area (Å²) < 4.78 is 13.4. The standard InChI is InChI=1S/C16H18FNS/c1-18-16(12-6-4-7-13(17)9-12)15-10-11-5-2-3-8-14(11)19-15/h4,6-7,9-10,16,18H,2-3,5,8H2,1H3. The Bertz CT molecular complexity index is 552. The van der Waals surface area contributed by atoms with Crippen molar-refractivity contribution in [3.8, 4) is 0 Å². The summed E-state index contributed by atoms with van der Waals surface area (Å²) in [6, 6.07) is 9.30. The molecule has 1 atom stereocenters. The summed E-state index contributed by atoms with van der Waals surface area (Å²) in [5.41, 5.74) is 2.50. The largest absolute Gasteiger partial charge is 0.309 e. The van der Waals surface area contributed by atoms with Crippen LogP contribution in [0.1, 0.15) is 39.8 Å². The number of nitrogens with one attached hydrogen (secondary N) is 1. The van der Waals surface area contributed by atoms with E-state index in [1.54, 1.807) is 12.1 Å². The minimum absolute atomic E-state index is 0.103. The lowest BCUT2D eigenvalue weighted by atomic mass is 9.98. The molecule has 0 amide bonds. The second-order valence-corrected chi connectivity index (χ2v) is 6.25. The minimum Gasteiger partial charge on any atom is -0.309 e. The minimum atomic E-state index is -0.168. The fraction of sp³-hybridized carbons (Fsp3) is 0.375. The Kier molecular flexibility index (Phi) is 3.67. The van der Waals surface area contributed by atoms with Gasteiger partial charge in [-0.2, -0.15) is 0 Å². The first-order chi connectivity index (χ1) is 9.28. The van der Waals surface area contributed by atoms with Gasteiger partial charge in [-0.3, -0.25) is 0 Å². The van der Waals surface area contributed by atoms with Gasteiger partial charge >= 0.3 is 0 Å². The van der Waals surface area contributed by atoms with E-state index in [4.69, 9.17) is 0 Å². The molecule has 3 heteroatoms. The predicted octanol–water partition coefficient (Wildman–Crippen LogP) is 4.07. The lowest BCUT2D eigenvalue weighted by Crippen LogP contribution is -2.16. The highest BCUT2D eigenvalue weighted by atomic mass is 32.1. The third kappa shape index (κ3) is 2.58. The maximum atomic E-state index is 13.4. The summed E-state index contributed by atoms with van der Waals surface area (Å²) in [6.45, 7) is 0. The maximum absolute atomic E-state index is 13.4. The van der Waals surface area contributed by atoms with Gasteiger partial charge in [0.2, 0.25) is 0 Å². The Labute approximate surface area is 117 Å². The number of rotatable bonds is 3. The summed E-state index contributed by atoms with van der Waals surface area (Å²) in [7, 11) is 1.94. The van der Waals surface area contributed by atoms with Gasteiger partial charge in [-0.25, -0.2) is 4.39 Å². The Morgan fingerprint density at radius 2 is 2.05 bits per heavy atom.